The summed E-state index contributed by atoms with van der Waals surface area (Å²) >= 11 is 0. The van der Waals surface area contributed by atoms with Crippen molar-refractivity contribution in [2.45, 2.75) is 6.42 Å². The first-order valence-electron chi connectivity index (χ1n) is 6.65. The molecule has 1 aromatic carbocycles. The Morgan fingerprint density at radius 3 is 2.76 bits per heavy atom. The predicted molar refractivity (Wildman–Crippen MR) is 91.0 cm³/mol. The monoisotopic (exact) mass is 409 g/mol. The zero-order chi connectivity index (χ0) is 14.4. The second-order valence-electron chi connectivity index (χ2n) is 4.56. The summed E-state index contributed by atoms with van der Waals surface area (Å²) in [7, 11) is 1.45. The first-order chi connectivity index (χ1) is 9.70. The summed E-state index contributed by atoms with van der Waals surface area (Å²) in [6.45, 7) is 3.44. The lowest BCUT2D eigenvalue weighted by Crippen LogP contribution is -2.44. The molecule has 0 aliphatic carbocycles. The number of nitrogens with zero attached hydrogens (tertiary/aromatic N) is 2. The molecule has 2 rings (SSSR count). The molecule has 1 aromatic rings. The molecule has 0 aromatic heterocycles. The summed E-state index contributed by atoms with van der Waals surface area (Å²) in [5.41, 5.74) is 6.79. The third-order valence-electron chi connectivity index (χ3n) is 3.23. The molecule has 21 heavy (non-hydrogen) atoms. The van der Waals surface area contributed by atoms with Crippen molar-refractivity contribution in [1.29, 1.82) is 0 Å². The Balaban J connectivity index is 0.00000220. The zero-order valence-electron chi connectivity index (χ0n) is 12.0. The van der Waals surface area contributed by atoms with Crippen LogP contribution in [0.15, 0.2) is 23.2 Å². The molecule has 0 atom stereocenters. The summed E-state index contributed by atoms with van der Waals surface area (Å²) in [5.74, 6) is 0.433. The first-order valence-corrected chi connectivity index (χ1v) is 6.65. The van der Waals surface area contributed by atoms with Crippen LogP contribution in [0.5, 0.6) is 5.75 Å². The Morgan fingerprint density at radius 1 is 1.43 bits per heavy atom. The topological polar surface area (TPSA) is 60.1 Å². The number of rotatable bonds is 4. The normalized spacial score (nSPS) is 15.5. The van der Waals surface area contributed by atoms with Crippen LogP contribution < -0.4 is 10.5 Å². The fourth-order valence-electron chi connectivity index (χ4n) is 2.06. The fourth-order valence-corrected chi connectivity index (χ4v) is 2.06. The first kappa shape index (κ1) is 18.0. The van der Waals surface area contributed by atoms with Crippen molar-refractivity contribution in [2.24, 2.45) is 10.7 Å². The number of nitrogens with two attached hydrogens (primary N) is 1. The van der Waals surface area contributed by atoms with Gasteiger partial charge in [0.15, 0.2) is 17.5 Å². The molecule has 0 spiro atoms. The minimum Gasteiger partial charge on any atom is -0.494 e. The number of aliphatic imine (C=N–C) groups is 1. The van der Waals surface area contributed by atoms with E-state index >= 15 is 0 Å². The third-order valence-corrected chi connectivity index (χ3v) is 3.23. The Bertz CT molecular complexity index is 479. The maximum atomic E-state index is 13.5. The average molecular weight is 409 g/mol. The lowest BCUT2D eigenvalue weighted by atomic mass is 10.1. The molecule has 7 heteroatoms. The Morgan fingerprint density at radius 2 is 2.14 bits per heavy atom. The minimum atomic E-state index is -0.352. The van der Waals surface area contributed by atoms with Gasteiger partial charge < -0.3 is 20.1 Å². The van der Waals surface area contributed by atoms with Crippen molar-refractivity contribution in [1.82, 2.24) is 4.90 Å². The average Bonchev–Trinajstić information content (AvgIpc) is 2.48. The van der Waals surface area contributed by atoms with Crippen LogP contribution in [-0.2, 0) is 11.2 Å². The van der Waals surface area contributed by atoms with Crippen molar-refractivity contribution < 1.29 is 13.9 Å². The van der Waals surface area contributed by atoms with Gasteiger partial charge in [-0.2, -0.15) is 0 Å². The van der Waals surface area contributed by atoms with Crippen LogP contribution in [-0.4, -0.2) is 50.8 Å². The van der Waals surface area contributed by atoms with Gasteiger partial charge in [-0.3, -0.25) is 4.99 Å². The van der Waals surface area contributed by atoms with Crippen molar-refractivity contribution in [3.8, 4) is 5.75 Å². The van der Waals surface area contributed by atoms with Gasteiger partial charge in [0.05, 0.1) is 20.3 Å². The van der Waals surface area contributed by atoms with Crippen LogP contribution in [0.2, 0.25) is 0 Å². The van der Waals surface area contributed by atoms with Gasteiger partial charge >= 0.3 is 0 Å². The highest BCUT2D eigenvalue weighted by Crippen LogP contribution is 2.17. The SMILES string of the molecule is COc1ccc(CCN=C(N)N2CCOCC2)cc1F.I. The molecule has 0 unspecified atom stereocenters. The van der Waals surface area contributed by atoms with E-state index in [0.717, 1.165) is 18.7 Å². The molecule has 2 N–H and O–H groups in total. The van der Waals surface area contributed by atoms with E-state index in [-0.39, 0.29) is 35.5 Å². The van der Waals surface area contributed by atoms with Crippen LogP contribution in [0.3, 0.4) is 0 Å². The highest BCUT2D eigenvalue weighted by Gasteiger charge is 2.11. The lowest BCUT2D eigenvalue weighted by Gasteiger charge is -2.27. The fraction of sp³-hybridized carbons (Fsp3) is 0.500. The summed E-state index contributed by atoms with van der Waals surface area (Å²) in [6.07, 6.45) is 0.645. The van der Waals surface area contributed by atoms with E-state index in [1.165, 1.54) is 13.2 Å². The molecule has 5 nitrogen and oxygen atoms in total. The number of hydrogen-bond donors (Lipinski definition) is 1. The predicted octanol–water partition coefficient (Wildman–Crippen LogP) is 1.64. The molecule has 0 amide bonds. The van der Waals surface area contributed by atoms with Crippen LogP contribution in [0, 0.1) is 5.82 Å². The highest BCUT2D eigenvalue weighted by atomic mass is 127. The van der Waals surface area contributed by atoms with Gasteiger partial charge in [-0.1, -0.05) is 6.07 Å². The van der Waals surface area contributed by atoms with Crippen LogP contribution in [0.25, 0.3) is 0 Å². The third kappa shape index (κ3) is 5.31. The smallest absolute Gasteiger partial charge is 0.191 e. The zero-order valence-corrected chi connectivity index (χ0v) is 14.4. The molecule has 1 heterocycles. The standard InChI is InChI=1S/C14H20FN3O2.HI/c1-19-13-3-2-11(10-12(13)15)4-5-17-14(16)18-6-8-20-9-7-18;/h2-3,10H,4-9H2,1H3,(H2,16,17);1H. The van der Waals surface area contributed by atoms with Gasteiger partial charge in [0.25, 0.3) is 0 Å². The summed E-state index contributed by atoms with van der Waals surface area (Å²) in [5, 5.41) is 0. The number of hydrogen-bond acceptors (Lipinski definition) is 3. The van der Waals surface area contributed by atoms with Crippen LogP contribution in [0.4, 0.5) is 4.39 Å². The molecule has 0 saturated carbocycles. The number of benzene rings is 1. The van der Waals surface area contributed by atoms with Gasteiger partial charge in [-0.05, 0) is 24.1 Å². The number of halogens is 2. The number of morpholine rings is 1. The van der Waals surface area contributed by atoms with E-state index in [1.54, 1.807) is 6.07 Å². The summed E-state index contributed by atoms with van der Waals surface area (Å²) < 4.78 is 23.7. The van der Waals surface area contributed by atoms with Gasteiger partial charge in [0.2, 0.25) is 0 Å². The lowest BCUT2D eigenvalue weighted by molar-refractivity contribution is 0.0674. The second kappa shape index (κ2) is 9.04. The van der Waals surface area contributed by atoms with E-state index < -0.39 is 0 Å². The quantitative estimate of drug-likeness (QED) is 0.467. The molecule has 1 saturated heterocycles. The van der Waals surface area contributed by atoms with E-state index in [4.69, 9.17) is 15.2 Å². The molecule has 0 radical (unpaired) electrons. The van der Waals surface area contributed by atoms with Crippen molar-refractivity contribution in [3.63, 3.8) is 0 Å². The number of ether oxygens (including phenoxy) is 2. The van der Waals surface area contributed by atoms with Crippen LogP contribution in [0.1, 0.15) is 5.56 Å². The molecule has 1 aliphatic heterocycles. The van der Waals surface area contributed by atoms with Crippen molar-refractivity contribution in [2.75, 3.05) is 40.0 Å². The van der Waals surface area contributed by atoms with Gasteiger partial charge in [0, 0.05) is 19.6 Å². The van der Waals surface area contributed by atoms with Gasteiger partial charge in [-0.25, -0.2) is 4.39 Å². The highest BCUT2D eigenvalue weighted by molar-refractivity contribution is 14.0. The molecular formula is C14H21FIN3O2. The molecule has 1 fully saturated rings. The molecule has 1 aliphatic rings. The van der Waals surface area contributed by atoms with Crippen LogP contribution >= 0.6 is 24.0 Å². The molecular weight excluding hydrogens is 388 g/mol. The summed E-state index contributed by atoms with van der Waals surface area (Å²) in [6, 6.07) is 4.93. The van der Waals surface area contributed by atoms with Gasteiger partial charge in [0.1, 0.15) is 0 Å². The summed E-state index contributed by atoms with van der Waals surface area (Å²) in [4.78, 5) is 6.32. The Kier molecular flexibility index (Phi) is 7.73. The maximum absolute atomic E-state index is 13.5. The molecule has 118 valence electrons. The van der Waals surface area contributed by atoms with E-state index in [0.29, 0.717) is 32.1 Å². The second-order valence-corrected chi connectivity index (χ2v) is 4.56. The van der Waals surface area contributed by atoms with Gasteiger partial charge in [-0.15, -0.1) is 24.0 Å². The van der Waals surface area contributed by atoms with E-state index in [9.17, 15) is 4.39 Å². The minimum absolute atomic E-state index is 0. The Hall–Kier alpha value is -1.09. The number of methoxy groups -OCH3 is 1. The largest absolute Gasteiger partial charge is 0.494 e. The van der Waals surface area contributed by atoms with Crippen molar-refractivity contribution in [3.05, 3.63) is 29.6 Å². The van der Waals surface area contributed by atoms with Crippen molar-refractivity contribution >= 4 is 29.9 Å². The molecule has 0 bridgehead atoms. The Labute approximate surface area is 141 Å². The van der Waals surface area contributed by atoms with E-state index in [2.05, 4.69) is 4.99 Å². The van der Waals surface area contributed by atoms with E-state index in [1.807, 2.05) is 11.0 Å². The number of guanidine groups is 1. The maximum Gasteiger partial charge on any atom is 0.191 e.